The second-order valence-corrected chi connectivity index (χ2v) is 3.32. The normalized spacial score (nSPS) is 11.3. The van der Waals surface area contributed by atoms with E-state index in [2.05, 4.69) is 27.7 Å². The third-order valence-corrected chi connectivity index (χ3v) is 1.88. The van der Waals surface area contributed by atoms with E-state index in [1.165, 1.54) is 0 Å². The Labute approximate surface area is 80.0 Å². The predicted molar refractivity (Wildman–Crippen MR) is 45.3 cm³/mol. The fourth-order valence-corrected chi connectivity index (χ4v) is 1.28. The lowest BCUT2D eigenvalue weighted by atomic mass is 10.7. The zero-order valence-electron chi connectivity index (χ0n) is 5.92. The summed E-state index contributed by atoms with van der Waals surface area (Å²) in [6, 6.07) is 0. The minimum absolute atomic E-state index is 0.0696. The number of rotatable bonds is 1. The summed E-state index contributed by atoms with van der Waals surface area (Å²) in [5.74, 6) is 0. The summed E-state index contributed by atoms with van der Waals surface area (Å²) in [7, 11) is 0. The van der Waals surface area contributed by atoms with Crippen molar-refractivity contribution in [2.75, 3.05) is 5.32 Å². The summed E-state index contributed by atoms with van der Waals surface area (Å²) in [4.78, 5) is 0. The molecule has 1 aromatic rings. The number of aromatic nitrogens is 2. The van der Waals surface area contributed by atoms with Crippen LogP contribution in [0.3, 0.4) is 0 Å². The van der Waals surface area contributed by atoms with Crippen molar-refractivity contribution in [1.82, 2.24) is 10.2 Å². The van der Waals surface area contributed by atoms with Gasteiger partial charge in [0.25, 0.3) is 0 Å². The van der Waals surface area contributed by atoms with Crippen LogP contribution in [0.15, 0.2) is 0 Å². The second-order valence-electron chi connectivity index (χ2n) is 1.90. The van der Waals surface area contributed by atoms with E-state index in [1.54, 1.807) is 0 Å². The molecule has 0 aromatic carbocycles. The molecule has 72 valence electrons. The van der Waals surface area contributed by atoms with Gasteiger partial charge in [-0.25, -0.2) is 0 Å². The van der Waals surface area contributed by atoms with Gasteiger partial charge in [-0.05, 0) is 12.2 Å². The largest absolute Gasteiger partial charge is 0.445 e. The van der Waals surface area contributed by atoms with Crippen molar-refractivity contribution < 1.29 is 13.2 Å². The Bertz CT molecular complexity index is 319. The maximum absolute atomic E-state index is 12.0. The molecule has 0 unspecified atom stereocenters. The molecule has 0 bridgehead atoms. The molecule has 3 N–H and O–H groups in total. The fraction of sp³-hybridized carbons (Fsp3) is 0.250. The van der Waals surface area contributed by atoms with Crippen molar-refractivity contribution in [1.29, 1.82) is 0 Å². The number of hydrogen-bond donors (Lipinski definition) is 2. The zero-order valence-corrected chi connectivity index (χ0v) is 7.56. The van der Waals surface area contributed by atoms with Crippen molar-refractivity contribution in [3.05, 3.63) is 5.01 Å². The van der Waals surface area contributed by atoms with Crippen molar-refractivity contribution in [2.45, 2.75) is 6.18 Å². The van der Waals surface area contributed by atoms with E-state index in [9.17, 15) is 13.2 Å². The summed E-state index contributed by atoms with van der Waals surface area (Å²) in [6.07, 6.45) is -4.48. The summed E-state index contributed by atoms with van der Waals surface area (Å²) in [5, 5.41) is 7.10. The van der Waals surface area contributed by atoms with Gasteiger partial charge in [0.15, 0.2) is 5.11 Å². The van der Waals surface area contributed by atoms with Crippen LogP contribution in [0.1, 0.15) is 5.01 Å². The Hall–Kier alpha value is -0.960. The number of thiocarbonyl (C=S) groups is 1. The Kier molecular flexibility index (Phi) is 2.66. The summed E-state index contributed by atoms with van der Waals surface area (Å²) < 4.78 is 35.9. The van der Waals surface area contributed by atoms with Gasteiger partial charge in [-0.1, -0.05) is 11.3 Å². The lowest BCUT2D eigenvalue weighted by Crippen LogP contribution is -2.18. The number of nitrogens with zero attached hydrogens (tertiary/aromatic N) is 2. The average molecular weight is 228 g/mol. The lowest BCUT2D eigenvalue weighted by molar-refractivity contribution is -0.138. The summed E-state index contributed by atoms with van der Waals surface area (Å²) in [5.41, 5.74) is 5.02. The molecule has 0 aliphatic rings. The van der Waals surface area contributed by atoms with Crippen LogP contribution in [-0.2, 0) is 6.18 Å². The van der Waals surface area contributed by atoms with Crippen molar-refractivity contribution >= 4 is 33.8 Å². The van der Waals surface area contributed by atoms with Gasteiger partial charge in [-0.2, -0.15) is 13.2 Å². The van der Waals surface area contributed by atoms with Crippen LogP contribution in [0.4, 0.5) is 18.3 Å². The summed E-state index contributed by atoms with van der Waals surface area (Å²) >= 11 is 4.75. The van der Waals surface area contributed by atoms with Gasteiger partial charge in [0.05, 0.1) is 0 Å². The molecule has 0 saturated heterocycles. The number of anilines is 1. The highest BCUT2D eigenvalue weighted by Gasteiger charge is 2.35. The van der Waals surface area contributed by atoms with E-state index >= 15 is 0 Å². The predicted octanol–water partition coefficient (Wildman–Crippen LogP) is 1.21. The first-order valence-electron chi connectivity index (χ1n) is 2.87. The van der Waals surface area contributed by atoms with E-state index in [0.717, 1.165) is 0 Å². The van der Waals surface area contributed by atoms with Gasteiger partial charge >= 0.3 is 6.18 Å². The molecule has 9 heteroatoms. The maximum atomic E-state index is 12.0. The Morgan fingerprint density at radius 2 is 2.08 bits per heavy atom. The Morgan fingerprint density at radius 1 is 1.46 bits per heavy atom. The molecule has 1 aromatic heterocycles. The fourth-order valence-electron chi connectivity index (χ4n) is 0.494. The topological polar surface area (TPSA) is 63.8 Å². The molecule has 0 atom stereocenters. The zero-order chi connectivity index (χ0) is 10.1. The minimum atomic E-state index is -4.48. The number of halogens is 3. The van der Waals surface area contributed by atoms with E-state index in [0.29, 0.717) is 11.3 Å². The number of nitrogens with two attached hydrogens (primary N) is 1. The second kappa shape index (κ2) is 3.42. The highest BCUT2D eigenvalue weighted by Crippen LogP contribution is 2.32. The van der Waals surface area contributed by atoms with Crippen molar-refractivity contribution in [3.63, 3.8) is 0 Å². The van der Waals surface area contributed by atoms with Crippen LogP contribution in [-0.4, -0.2) is 15.3 Å². The summed E-state index contributed by atoms with van der Waals surface area (Å²) in [6.45, 7) is 0. The van der Waals surface area contributed by atoms with Crippen LogP contribution in [0.2, 0.25) is 0 Å². The molecule has 0 amide bonds. The van der Waals surface area contributed by atoms with Crippen LogP contribution in [0.25, 0.3) is 0 Å². The first-order chi connectivity index (χ1) is 5.89. The highest BCUT2D eigenvalue weighted by atomic mass is 32.1. The number of hydrogen-bond acceptors (Lipinski definition) is 4. The van der Waals surface area contributed by atoms with E-state index in [1.807, 2.05) is 0 Å². The van der Waals surface area contributed by atoms with E-state index in [-0.39, 0.29) is 10.2 Å². The lowest BCUT2D eigenvalue weighted by Gasteiger charge is -1.97. The molecule has 1 heterocycles. The molecule has 0 spiro atoms. The van der Waals surface area contributed by atoms with Gasteiger partial charge in [-0.3, -0.25) is 0 Å². The first kappa shape index (κ1) is 10.1. The Balaban J connectivity index is 2.81. The van der Waals surface area contributed by atoms with Gasteiger partial charge < -0.3 is 11.1 Å². The molecule has 0 saturated carbocycles. The van der Waals surface area contributed by atoms with Crippen LogP contribution < -0.4 is 11.1 Å². The minimum Gasteiger partial charge on any atom is -0.376 e. The smallest absolute Gasteiger partial charge is 0.376 e. The van der Waals surface area contributed by atoms with Crippen molar-refractivity contribution in [2.24, 2.45) is 5.73 Å². The third-order valence-electron chi connectivity index (χ3n) is 0.898. The SMILES string of the molecule is NC(=S)Nc1nnc(C(F)(F)F)s1. The molecule has 1 rings (SSSR count). The first-order valence-corrected chi connectivity index (χ1v) is 4.09. The Morgan fingerprint density at radius 3 is 2.46 bits per heavy atom. The molecule has 4 nitrogen and oxygen atoms in total. The number of nitrogens with one attached hydrogen (secondary N) is 1. The van der Waals surface area contributed by atoms with Gasteiger partial charge in [-0.15, -0.1) is 10.2 Å². The van der Waals surface area contributed by atoms with E-state index < -0.39 is 11.2 Å². The quantitative estimate of drug-likeness (QED) is 0.707. The monoisotopic (exact) mass is 228 g/mol. The van der Waals surface area contributed by atoms with Crippen LogP contribution in [0.5, 0.6) is 0 Å². The number of alkyl halides is 3. The third kappa shape index (κ3) is 2.77. The molecule has 13 heavy (non-hydrogen) atoms. The molecular weight excluding hydrogens is 225 g/mol. The van der Waals surface area contributed by atoms with Gasteiger partial charge in [0.1, 0.15) is 0 Å². The molecule has 0 aliphatic carbocycles. The standard InChI is InChI=1S/C4H3F3N4S2/c5-4(6,7)1-10-11-3(13-1)9-2(8)12/h(H3,8,9,11,12). The molecule has 0 radical (unpaired) electrons. The van der Waals surface area contributed by atoms with Crippen LogP contribution >= 0.6 is 23.6 Å². The van der Waals surface area contributed by atoms with E-state index in [4.69, 9.17) is 5.73 Å². The van der Waals surface area contributed by atoms with Gasteiger partial charge in [0.2, 0.25) is 10.1 Å². The highest BCUT2D eigenvalue weighted by molar-refractivity contribution is 7.80. The maximum Gasteiger partial charge on any atom is 0.445 e. The molecular formula is C4H3F3N4S2. The average Bonchev–Trinajstić information content (AvgIpc) is 2.32. The van der Waals surface area contributed by atoms with Crippen LogP contribution in [0, 0.1) is 0 Å². The van der Waals surface area contributed by atoms with Gasteiger partial charge in [0, 0.05) is 0 Å². The molecule has 0 aliphatic heterocycles. The van der Waals surface area contributed by atoms with Crippen molar-refractivity contribution in [3.8, 4) is 0 Å². The molecule has 0 fully saturated rings.